The van der Waals surface area contributed by atoms with Gasteiger partial charge in [-0.25, -0.2) is 9.97 Å². The topological polar surface area (TPSA) is 106 Å². The van der Waals surface area contributed by atoms with E-state index in [1.54, 1.807) is 0 Å². The van der Waals surface area contributed by atoms with Crippen LogP contribution in [0.4, 0.5) is 17.3 Å². The Balaban J connectivity index is 1.25. The molecular formula is C22H28N6O4. The summed E-state index contributed by atoms with van der Waals surface area (Å²) in [5, 5.41) is 15.3. The molecule has 1 saturated heterocycles. The van der Waals surface area contributed by atoms with Crippen LogP contribution in [0.25, 0.3) is 0 Å². The van der Waals surface area contributed by atoms with Crippen LogP contribution >= 0.6 is 0 Å². The van der Waals surface area contributed by atoms with E-state index in [9.17, 15) is 10.1 Å². The molecule has 1 aliphatic carbocycles. The number of nitro groups is 1. The van der Waals surface area contributed by atoms with Gasteiger partial charge in [-0.05, 0) is 30.5 Å². The zero-order chi connectivity index (χ0) is 21.9. The predicted octanol–water partition coefficient (Wildman–Crippen LogP) is 3.18. The van der Waals surface area contributed by atoms with Crippen molar-refractivity contribution in [1.29, 1.82) is 0 Å². The van der Waals surface area contributed by atoms with Crippen molar-refractivity contribution < 1.29 is 14.4 Å². The minimum absolute atomic E-state index is 0.0118. The van der Waals surface area contributed by atoms with E-state index < -0.39 is 0 Å². The fraction of sp³-hybridized carbons (Fsp3) is 0.545. The third-order valence-electron chi connectivity index (χ3n) is 6.45. The quantitative estimate of drug-likeness (QED) is 0.535. The van der Waals surface area contributed by atoms with Crippen molar-refractivity contribution in [3.05, 3.63) is 40.2 Å². The molecule has 2 fully saturated rings. The lowest BCUT2D eigenvalue weighted by molar-refractivity contribution is -0.383. The first-order chi connectivity index (χ1) is 15.7. The first kappa shape index (κ1) is 20.7. The second-order valence-corrected chi connectivity index (χ2v) is 8.58. The van der Waals surface area contributed by atoms with Gasteiger partial charge >= 0.3 is 5.69 Å². The van der Waals surface area contributed by atoms with Gasteiger partial charge in [0.05, 0.1) is 4.92 Å². The predicted molar refractivity (Wildman–Crippen MR) is 119 cm³/mol. The van der Waals surface area contributed by atoms with Crippen LogP contribution in [0, 0.1) is 10.1 Å². The lowest BCUT2D eigenvalue weighted by Gasteiger charge is -2.35. The molecule has 2 aromatic rings. The maximum atomic E-state index is 12.0. The second-order valence-electron chi connectivity index (χ2n) is 8.58. The van der Waals surface area contributed by atoms with Crippen molar-refractivity contribution in [2.45, 2.75) is 44.7 Å². The van der Waals surface area contributed by atoms with Gasteiger partial charge in [-0.3, -0.25) is 15.0 Å². The minimum Gasteiger partial charge on any atom is -0.454 e. The first-order valence-corrected chi connectivity index (χ1v) is 11.3. The van der Waals surface area contributed by atoms with Gasteiger partial charge in [0.2, 0.25) is 18.4 Å². The van der Waals surface area contributed by atoms with Crippen molar-refractivity contribution >= 4 is 17.3 Å². The van der Waals surface area contributed by atoms with E-state index in [1.807, 2.05) is 17.0 Å². The molecule has 0 atom stereocenters. The fourth-order valence-electron chi connectivity index (χ4n) is 4.73. The van der Waals surface area contributed by atoms with Crippen LogP contribution in [0.5, 0.6) is 11.5 Å². The highest BCUT2D eigenvalue weighted by Gasteiger charge is 2.30. The van der Waals surface area contributed by atoms with Gasteiger partial charge in [0.1, 0.15) is 6.33 Å². The number of piperazine rings is 1. The molecule has 3 aliphatic rings. The molecule has 1 aromatic heterocycles. The highest BCUT2D eigenvalue weighted by Crippen LogP contribution is 2.35. The monoisotopic (exact) mass is 440 g/mol. The average molecular weight is 441 g/mol. The van der Waals surface area contributed by atoms with Gasteiger partial charge in [-0.2, -0.15) is 0 Å². The molecule has 1 saturated carbocycles. The molecule has 0 amide bonds. The number of hydrogen-bond donors (Lipinski definition) is 1. The number of rotatable bonds is 6. The van der Waals surface area contributed by atoms with E-state index in [0.717, 1.165) is 62.4 Å². The van der Waals surface area contributed by atoms with E-state index in [-0.39, 0.29) is 23.4 Å². The van der Waals surface area contributed by atoms with Crippen LogP contribution in [0.2, 0.25) is 0 Å². The highest BCUT2D eigenvalue weighted by atomic mass is 16.7. The fourth-order valence-corrected chi connectivity index (χ4v) is 4.73. The highest BCUT2D eigenvalue weighted by molar-refractivity contribution is 5.70. The Bertz CT molecular complexity index is 973. The van der Waals surface area contributed by atoms with Crippen LogP contribution in [-0.4, -0.2) is 58.8 Å². The molecule has 3 heterocycles. The second kappa shape index (κ2) is 9.15. The van der Waals surface area contributed by atoms with Crippen molar-refractivity contribution in [2.75, 3.05) is 43.2 Å². The summed E-state index contributed by atoms with van der Waals surface area (Å²) in [5.74, 6) is 2.32. The summed E-state index contributed by atoms with van der Waals surface area (Å²) in [6, 6.07) is 6.26. The molecule has 170 valence electrons. The van der Waals surface area contributed by atoms with E-state index in [1.165, 1.54) is 12.7 Å². The third-order valence-corrected chi connectivity index (χ3v) is 6.45. The lowest BCUT2D eigenvalue weighted by atomic mass is 9.95. The van der Waals surface area contributed by atoms with Crippen molar-refractivity contribution in [1.82, 2.24) is 14.9 Å². The van der Waals surface area contributed by atoms with E-state index in [2.05, 4.69) is 26.3 Å². The average Bonchev–Trinajstić information content (AvgIpc) is 3.28. The summed E-state index contributed by atoms with van der Waals surface area (Å²) in [7, 11) is 0. The molecule has 10 heteroatoms. The molecular weight excluding hydrogens is 412 g/mol. The summed E-state index contributed by atoms with van der Waals surface area (Å²) < 4.78 is 10.9. The number of hydrogen-bond acceptors (Lipinski definition) is 9. The first-order valence-electron chi connectivity index (χ1n) is 11.3. The van der Waals surface area contributed by atoms with E-state index in [0.29, 0.717) is 24.7 Å². The number of ether oxygens (including phenoxy) is 2. The Labute approximate surface area is 186 Å². The Morgan fingerprint density at radius 1 is 1.06 bits per heavy atom. The summed E-state index contributed by atoms with van der Waals surface area (Å²) in [4.78, 5) is 24.5. The Morgan fingerprint density at radius 2 is 1.84 bits per heavy atom. The molecule has 32 heavy (non-hydrogen) atoms. The maximum Gasteiger partial charge on any atom is 0.353 e. The molecule has 10 nitrogen and oxygen atoms in total. The van der Waals surface area contributed by atoms with Crippen molar-refractivity contribution in [2.24, 2.45) is 0 Å². The summed E-state index contributed by atoms with van der Waals surface area (Å²) in [6.45, 7) is 4.00. The van der Waals surface area contributed by atoms with Crippen molar-refractivity contribution in [3.8, 4) is 11.5 Å². The van der Waals surface area contributed by atoms with Gasteiger partial charge < -0.3 is 19.7 Å². The standard InChI is InChI=1S/C22H28N6O4/c29-28(30)20-21(25-17-4-2-1-3-5-17)23-14-24-22(20)27-10-8-26(9-11-27)13-16-6-7-18-19(12-16)32-15-31-18/h6-7,12,14,17H,1-5,8-11,13,15H2,(H,23,24,25). The number of fused-ring (bicyclic) bond motifs is 1. The maximum absolute atomic E-state index is 12.0. The molecule has 0 radical (unpaired) electrons. The smallest absolute Gasteiger partial charge is 0.353 e. The molecule has 5 rings (SSSR count). The van der Waals surface area contributed by atoms with Crippen LogP contribution in [0.3, 0.4) is 0 Å². The number of anilines is 2. The Hall–Kier alpha value is -3.14. The molecule has 1 N–H and O–H groups in total. The largest absolute Gasteiger partial charge is 0.454 e. The lowest BCUT2D eigenvalue weighted by Crippen LogP contribution is -2.46. The number of nitrogens with zero attached hydrogens (tertiary/aromatic N) is 5. The summed E-state index contributed by atoms with van der Waals surface area (Å²) >= 11 is 0. The van der Waals surface area contributed by atoms with Crippen LogP contribution in [0.1, 0.15) is 37.7 Å². The van der Waals surface area contributed by atoms with Gasteiger partial charge in [0.15, 0.2) is 11.5 Å². The molecule has 0 spiro atoms. The Morgan fingerprint density at radius 3 is 2.62 bits per heavy atom. The SMILES string of the molecule is O=[N+]([O-])c1c(NC2CCCCC2)ncnc1N1CCN(Cc2ccc3c(c2)OCO3)CC1. The van der Waals surface area contributed by atoms with Gasteiger partial charge in [0, 0.05) is 38.8 Å². The van der Waals surface area contributed by atoms with E-state index >= 15 is 0 Å². The van der Waals surface area contributed by atoms with Crippen molar-refractivity contribution in [3.63, 3.8) is 0 Å². The van der Waals surface area contributed by atoms with Crippen LogP contribution < -0.4 is 19.7 Å². The molecule has 1 aromatic carbocycles. The van der Waals surface area contributed by atoms with Gasteiger partial charge in [-0.1, -0.05) is 25.3 Å². The number of nitrogens with one attached hydrogen (secondary N) is 1. The number of benzene rings is 1. The third kappa shape index (κ3) is 4.40. The number of aromatic nitrogens is 2. The minimum atomic E-state index is -0.348. The normalized spacial score (nSPS) is 19.2. The van der Waals surface area contributed by atoms with Crippen LogP contribution in [0.15, 0.2) is 24.5 Å². The van der Waals surface area contributed by atoms with E-state index in [4.69, 9.17) is 9.47 Å². The molecule has 0 unspecified atom stereocenters. The summed E-state index contributed by atoms with van der Waals surface area (Å²) in [5.41, 5.74) is 1.15. The van der Waals surface area contributed by atoms with Gasteiger partial charge in [-0.15, -0.1) is 0 Å². The summed E-state index contributed by atoms with van der Waals surface area (Å²) in [6.07, 6.45) is 7.01. The zero-order valence-electron chi connectivity index (χ0n) is 18.0. The molecule has 0 bridgehead atoms. The molecule has 2 aliphatic heterocycles. The zero-order valence-corrected chi connectivity index (χ0v) is 18.0. The Kier molecular flexibility index (Phi) is 5.93. The van der Waals surface area contributed by atoms with Gasteiger partial charge in [0.25, 0.3) is 0 Å². The van der Waals surface area contributed by atoms with Crippen LogP contribution in [-0.2, 0) is 6.54 Å².